The van der Waals surface area contributed by atoms with Crippen molar-refractivity contribution in [3.05, 3.63) is 49.7 Å². The van der Waals surface area contributed by atoms with Gasteiger partial charge in [-0.2, -0.15) is 0 Å². The first-order valence-corrected chi connectivity index (χ1v) is 8.22. The number of rotatable bonds is 3. The van der Waals surface area contributed by atoms with Gasteiger partial charge >= 0.3 is 0 Å². The molecule has 0 bridgehead atoms. The first-order valence-electron chi connectivity index (χ1n) is 7.85. The third kappa shape index (κ3) is 2.58. The Bertz CT molecular complexity index is 743. The molecule has 4 heteroatoms. The molecule has 3 nitrogen and oxygen atoms in total. The number of anilines is 1. The van der Waals surface area contributed by atoms with Crippen LogP contribution in [0.25, 0.3) is 11.1 Å². The molecule has 22 heavy (non-hydrogen) atoms. The molecule has 0 saturated heterocycles. The fourth-order valence-corrected chi connectivity index (χ4v) is 3.52. The normalized spacial score (nSPS) is 25.3. The third-order valence-electron chi connectivity index (χ3n) is 5.08. The molecule has 0 aliphatic heterocycles. The first kappa shape index (κ1) is 15.3. The molecular formula is C18H20ClNO2. The molecular weight excluding hydrogens is 298 g/mol. The van der Waals surface area contributed by atoms with E-state index in [1.807, 2.05) is 0 Å². The zero-order chi connectivity index (χ0) is 15.9. The quantitative estimate of drug-likeness (QED) is 0.875. The summed E-state index contributed by atoms with van der Waals surface area (Å²) in [5, 5.41) is 3.97. The molecule has 116 valence electrons. The number of benzene rings is 1. The van der Waals surface area contributed by atoms with Crippen molar-refractivity contribution in [2.75, 3.05) is 5.32 Å². The van der Waals surface area contributed by atoms with E-state index >= 15 is 0 Å². The minimum absolute atomic E-state index is 0.262. The van der Waals surface area contributed by atoms with Gasteiger partial charge in [-0.15, -0.1) is 0 Å². The van der Waals surface area contributed by atoms with Gasteiger partial charge in [0.15, 0.2) is 0 Å². The second kappa shape index (κ2) is 5.88. The van der Waals surface area contributed by atoms with Crippen molar-refractivity contribution in [2.24, 2.45) is 11.8 Å². The molecule has 1 fully saturated rings. The molecule has 3 atom stereocenters. The largest absolute Gasteiger partial charge is 0.378 e. The van der Waals surface area contributed by atoms with Crippen LogP contribution in [0.15, 0.2) is 33.9 Å². The molecule has 2 aromatic carbocycles. The summed E-state index contributed by atoms with van der Waals surface area (Å²) in [7, 11) is 0. The Hall–Kier alpha value is -1.61. The summed E-state index contributed by atoms with van der Waals surface area (Å²) in [6, 6.07) is 7.32. The lowest BCUT2D eigenvalue weighted by Crippen LogP contribution is -2.42. The van der Waals surface area contributed by atoms with Crippen molar-refractivity contribution in [3.8, 4) is 11.1 Å². The summed E-state index contributed by atoms with van der Waals surface area (Å²) >= 11 is 5.89. The Labute approximate surface area is 135 Å². The minimum Gasteiger partial charge on any atom is -0.378 e. The highest BCUT2D eigenvalue weighted by Crippen LogP contribution is 2.33. The maximum Gasteiger partial charge on any atom is 0.250 e. The van der Waals surface area contributed by atoms with Crippen molar-refractivity contribution in [3.63, 3.8) is 0 Å². The summed E-state index contributed by atoms with van der Waals surface area (Å²) in [6.45, 7) is 4.47. The van der Waals surface area contributed by atoms with Gasteiger partial charge in [-0.3, -0.25) is 9.59 Å². The lowest BCUT2D eigenvalue weighted by atomic mass is 9.77. The van der Waals surface area contributed by atoms with Crippen molar-refractivity contribution < 1.29 is 0 Å². The average molecular weight is 318 g/mol. The van der Waals surface area contributed by atoms with Crippen molar-refractivity contribution >= 4 is 17.3 Å². The second-order valence-electron chi connectivity index (χ2n) is 6.43. The van der Waals surface area contributed by atoms with Crippen LogP contribution in [-0.2, 0) is 0 Å². The predicted octanol–water partition coefficient (Wildman–Crippen LogP) is 3.84. The van der Waals surface area contributed by atoms with Crippen LogP contribution in [0, 0.1) is 11.8 Å². The number of hydrogen-bond acceptors (Lipinski definition) is 3. The summed E-state index contributed by atoms with van der Waals surface area (Å²) in [5.41, 5.74) is 0.954. The summed E-state index contributed by atoms with van der Waals surface area (Å²) in [4.78, 5) is 23.9. The van der Waals surface area contributed by atoms with Gasteiger partial charge in [0, 0.05) is 11.1 Å². The molecule has 0 unspecified atom stereocenters. The van der Waals surface area contributed by atoms with Crippen LogP contribution in [0.2, 0.25) is 5.02 Å². The Morgan fingerprint density at radius 3 is 2.41 bits per heavy atom. The van der Waals surface area contributed by atoms with Crippen molar-refractivity contribution in [2.45, 2.75) is 39.2 Å². The van der Waals surface area contributed by atoms with Gasteiger partial charge in [0.1, 0.15) is 0 Å². The van der Waals surface area contributed by atoms with Crippen LogP contribution in [0.3, 0.4) is 0 Å². The molecule has 0 aromatic heterocycles. The summed E-state index contributed by atoms with van der Waals surface area (Å²) in [6.07, 6.45) is 3.44. The Morgan fingerprint density at radius 1 is 1.05 bits per heavy atom. The highest BCUT2D eigenvalue weighted by Gasteiger charge is 2.30. The highest BCUT2D eigenvalue weighted by molar-refractivity contribution is 6.30. The van der Waals surface area contributed by atoms with E-state index < -0.39 is 10.9 Å². The SMILES string of the molecule is C[C@@H]1[C@H](C)CCC[C@@H]1Nc1c(-c2ccc(Cl)cc2)c(=O)c1=O. The van der Waals surface area contributed by atoms with Crippen LogP contribution >= 0.6 is 11.6 Å². The third-order valence-corrected chi connectivity index (χ3v) is 5.33. The van der Waals surface area contributed by atoms with Gasteiger partial charge in [0.25, 0.3) is 0 Å². The lowest BCUT2D eigenvalue weighted by Gasteiger charge is -2.35. The Morgan fingerprint density at radius 2 is 1.73 bits per heavy atom. The van der Waals surface area contributed by atoms with E-state index in [1.54, 1.807) is 24.3 Å². The molecule has 0 radical (unpaired) electrons. The molecule has 1 saturated carbocycles. The van der Waals surface area contributed by atoms with Gasteiger partial charge in [-0.05, 0) is 36.0 Å². The lowest BCUT2D eigenvalue weighted by molar-refractivity contribution is 0.253. The van der Waals surface area contributed by atoms with Crippen LogP contribution in [0.1, 0.15) is 33.1 Å². The van der Waals surface area contributed by atoms with Crippen LogP contribution in [0.5, 0.6) is 0 Å². The standard InChI is InChI=1S/C18H20ClNO2/c1-10-4-3-5-14(11(10)2)20-16-15(17(21)18(16)22)12-6-8-13(19)9-7-12/h6-11,14,20H,3-5H2,1-2H3/t10-,11-,14+/m1/s1. The fourth-order valence-electron chi connectivity index (χ4n) is 3.39. The Balaban J connectivity index is 1.89. The van der Waals surface area contributed by atoms with Gasteiger partial charge in [0.05, 0.1) is 11.3 Å². The molecule has 1 aliphatic rings. The van der Waals surface area contributed by atoms with E-state index in [9.17, 15) is 9.59 Å². The molecule has 0 heterocycles. The molecule has 1 aliphatic carbocycles. The minimum atomic E-state index is -0.402. The number of nitrogens with one attached hydrogen (secondary N) is 1. The second-order valence-corrected chi connectivity index (χ2v) is 6.87. The van der Waals surface area contributed by atoms with Crippen LogP contribution < -0.4 is 16.2 Å². The van der Waals surface area contributed by atoms with Crippen LogP contribution in [0.4, 0.5) is 5.69 Å². The zero-order valence-electron chi connectivity index (χ0n) is 12.9. The number of hydrogen-bond donors (Lipinski definition) is 1. The number of halogens is 1. The van der Waals surface area contributed by atoms with E-state index in [2.05, 4.69) is 19.2 Å². The van der Waals surface area contributed by atoms with E-state index in [-0.39, 0.29) is 6.04 Å². The van der Waals surface area contributed by atoms with Crippen LogP contribution in [-0.4, -0.2) is 6.04 Å². The summed E-state index contributed by atoms with van der Waals surface area (Å²) < 4.78 is 0. The zero-order valence-corrected chi connectivity index (χ0v) is 13.6. The van der Waals surface area contributed by atoms with E-state index in [0.29, 0.717) is 28.1 Å². The maximum absolute atomic E-state index is 12.0. The fraction of sp³-hybridized carbons (Fsp3) is 0.444. The first-order chi connectivity index (χ1) is 10.5. The molecule has 0 spiro atoms. The molecule has 0 amide bonds. The van der Waals surface area contributed by atoms with Gasteiger partial charge in [-0.25, -0.2) is 0 Å². The van der Waals surface area contributed by atoms with Crippen molar-refractivity contribution in [1.29, 1.82) is 0 Å². The molecule has 2 aromatic rings. The molecule has 1 N–H and O–H groups in total. The highest BCUT2D eigenvalue weighted by atomic mass is 35.5. The topological polar surface area (TPSA) is 46.2 Å². The van der Waals surface area contributed by atoms with Crippen molar-refractivity contribution in [1.82, 2.24) is 0 Å². The van der Waals surface area contributed by atoms with E-state index in [4.69, 9.17) is 11.6 Å². The van der Waals surface area contributed by atoms with Gasteiger partial charge in [0.2, 0.25) is 10.9 Å². The van der Waals surface area contributed by atoms with Gasteiger partial charge < -0.3 is 5.32 Å². The summed E-state index contributed by atoms with van der Waals surface area (Å²) in [5.74, 6) is 1.13. The molecule has 3 rings (SSSR count). The predicted molar refractivity (Wildman–Crippen MR) is 91.4 cm³/mol. The monoisotopic (exact) mass is 317 g/mol. The van der Waals surface area contributed by atoms with E-state index in [0.717, 1.165) is 18.4 Å². The average Bonchev–Trinajstić information content (AvgIpc) is 2.52. The smallest absolute Gasteiger partial charge is 0.250 e. The van der Waals surface area contributed by atoms with Gasteiger partial charge in [-0.1, -0.05) is 50.4 Å². The van der Waals surface area contributed by atoms with E-state index in [1.165, 1.54) is 6.42 Å². The maximum atomic E-state index is 12.0. The Kier molecular flexibility index (Phi) is 4.09.